The van der Waals surface area contributed by atoms with E-state index in [1.54, 1.807) is 0 Å². The van der Waals surface area contributed by atoms with Crippen molar-refractivity contribution in [2.45, 2.75) is 13.8 Å². The lowest BCUT2D eigenvalue weighted by atomic mass is 10.2. The number of hydrogen-bond donors (Lipinski definition) is 2. The highest BCUT2D eigenvalue weighted by atomic mass is 32.1. The Labute approximate surface area is 44.7 Å². The molecule has 0 saturated carbocycles. The fraction of sp³-hybridized carbons (Fsp3) is 1.00. The Morgan fingerprint density at radius 1 is 1.67 bits per heavy atom. The summed E-state index contributed by atoms with van der Waals surface area (Å²) in [6.07, 6.45) is 0. The van der Waals surface area contributed by atoms with Crippen LogP contribution in [-0.4, -0.2) is 6.54 Å². The molecule has 0 amide bonds. The highest BCUT2D eigenvalue weighted by molar-refractivity contribution is 7.78. The summed E-state index contributed by atoms with van der Waals surface area (Å²) in [7, 11) is 0. The number of nitrogens with one attached hydrogen (secondary N) is 1. The number of thiol groups is 1. The van der Waals surface area contributed by atoms with E-state index in [1.807, 2.05) is 0 Å². The molecule has 0 aromatic heterocycles. The third-order valence-corrected chi connectivity index (χ3v) is 0.682. The monoisotopic (exact) mass is 105 g/mol. The first-order valence-electron chi connectivity index (χ1n) is 2.14. The molecule has 0 aliphatic rings. The zero-order valence-electron chi connectivity index (χ0n) is 4.23. The van der Waals surface area contributed by atoms with Gasteiger partial charge in [0.25, 0.3) is 0 Å². The zero-order valence-corrected chi connectivity index (χ0v) is 5.13. The molecular formula is C4H11NS. The molecule has 0 heterocycles. The summed E-state index contributed by atoms with van der Waals surface area (Å²) in [5, 5.41) is 0. The highest BCUT2D eigenvalue weighted by Gasteiger charge is 1.85. The lowest BCUT2D eigenvalue weighted by molar-refractivity contribution is 0.642. The van der Waals surface area contributed by atoms with E-state index in [1.165, 1.54) is 0 Å². The van der Waals surface area contributed by atoms with Gasteiger partial charge < -0.3 is 0 Å². The van der Waals surface area contributed by atoms with Crippen molar-refractivity contribution in [3.63, 3.8) is 0 Å². The Balaban J connectivity index is 2.63. The molecule has 0 aromatic rings. The molecule has 0 bridgehead atoms. The van der Waals surface area contributed by atoms with E-state index < -0.39 is 0 Å². The zero-order chi connectivity index (χ0) is 4.99. The second kappa shape index (κ2) is 3.50. The summed E-state index contributed by atoms with van der Waals surface area (Å²) in [6.45, 7) is 5.27. The molecule has 0 fully saturated rings. The second-order valence-corrected chi connectivity index (χ2v) is 2.07. The van der Waals surface area contributed by atoms with Gasteiger partial charge in [0.1, 0.15) is 0 Å². The van der Waals surface area contributed by atoms with Crippen molar-refractivity contribution in [3.05, 3.63) is 0 Å². The smallest absolute Gasteiger partial charge is 0.00792 e. The molecular weight excluding hydrogens is 94.1 g/mol. The van der Waals surface area contributed by atoms with Crippen LogP contribution in [0, 0.1) is 5.92 Å². The topological polar surface area (TPSA) is 12.0 Å². The van der Waals surface area contributed by atoms with Gasteiger partial charge >= 0.3 is 0 Å². The van der Waals surface area contributed by atoms with Gasteiger partial charge in [0.05, 0.1) is 0 Å². The van der Waals surface area contributed by atoms with Crippen LogP contribution < -0.4 is 4.72 Å². The van der Waals surface area contributed by atoms with Gasteiger partial charge in [0.15, 0.2) is 0 Å². The van der Waals surface area contributed by atoms with Crippen molar-refractivity contribution < 1.29 is 0 Å². The van der Waals surface area contributed by atoms with Crippen LogP contribution >= 0.6 is 12.8 Å². The van der Waals surface area contributed by atoms with Crippen molar-refractivity contribution in [3.8, 4) is 0 Å². The second-order valence-electron chi connectivity index (χ2n) is 1.76. The van der Waals surface area contributed by atoms with Gasteiger partial charge in [-0.2, -0.15) is 0 Å². The standard InChI is InChI=1S/C4H11NS/c1-4(2)3-5-6/h4-6H,3H2,1-2H3. The van der Waals surface area contributed by atoms with Crippen LogP contribution in [0.3, 0.4) is 0 Å². The van der Waals surface area contributed by atoms with Gasteiger partial charge in [0, 0.05) is 6.54 Å². The maximum atomic E-state index is 3.81. The van der Waals surface area contributed by atoms with Crippen molar-refractivity contribution >= 4 is 12.8 Å². The molecule has 2 heteroatoms. The minimum atomic E-state index is 0.711. The van der Waals surface area contributed by atoms with E-state index in [0.717, 1.165) is 6.54 Å². The maximum absolute atomic E-state index is 3.81. The summed E-state index contributed by atoms with van der Waals surface area (Å²) in [4.78, 5) is 0. The minimum absolute atomic E-state index is 0.711. The molecule has 6 heavy (non-hydrogen) atoms. The van der Waals surface area contributed by atoms with Gasteiger partial charge in [0.2, 0.25) is 0 Å². The van der Waals surface area contributed by atoms with Gasteiger partial charge in [-0.25, -0.2) is 0 Å². The van der Waals surface area contributed by atoms with Crippen LogP contribution in [0.4, 0.5) is 0 Å². The van der Waals surface area contributed by atoms with E-state index in [9.17, 15) is 0 Å². The van der Waals surface area contributed by atoms with Gasteiger partial charge in [-0.05, 0) is 5.92 Å². The maximum Gasteiger partial charge on any atom is 0.00792 e. The molecule has 0 rings (SSSR count). The van der Waals surface area contributed by atoms with Crippen molar-refractivity contribution in [1.82, 2.24) is 4.72 Å². The van der Waals surface area contributed by atoms with Crippen LogP contribution in [0.15, 0.2) is 0 Å². The predicted molar refractivity (Wildman–Crippen MR) is 31.8 cm³/mol. The summed E-state index contributed by atoms with van der Waals surface area (Å²) in [6, 6.07) is 0. The van der Waals surface area contributed by atoms with Crippen molar-refractivity contribution in [1.29, 1.82) is 0 Å². The average Bonchev–Trinajstić information content (AvgIpc) is 1.35. The Bertz CT molecular complexity index is 28.7. The molecule has 0 spiro atoms. The molecule has 0 aliphatic heterocycles. The molecule has 0 aromatic carbocycles. The molecule has 1 N–H and O–H groups in total. The van der Waals surface area contributed by atoms with Crippen molar-refractivity contribution in [2.75, 3.05) is 6.54 Å². The summed E-state index contributed by atoms with van der Waals surface area (Å²) in [5.41, 5.74) is 0. The number of rotatable bonds is 2. The van der Waals surface area contributed by atoms with Gasteiger partial charge in [-0.15, -0.1) is 0 Å². The predicted octanol–water partition coefficient (Wildman–Crippen LogP) is 1.08. The Hall–Kier alpha value is 0.310. The largest absolute Gasteiger partial charge is 0.267 e. The Morgan fingerprint density at radius 3 is 2.17 bits per heavy atom. The molecule has 0 saturated heterocycles. The first kappa shape index (κ1) is 6.31. The van der Waals surface area contributed by atoms with Crippen LogP contribution in [0.25, 0.3) is 0 Å². The third kappa shape index (κ3) is 4.31. The van der Waals surface area contributed by atoms with E-state index in [0.29, 0.717) is 5.92 Å². The summed E-state index contributed by atoms with van der Waals surface area (Å²) in [5.74, 6) is 0.711. The SMILES string of the molecule is CC(C)CNS. The summed E-state index contributed by atoms with van der Waals surface area (Å²) < 4.78 is 2.76. The quantitative estimate of drug-likeness (QED) is 0.501. The van der Waals surface area contributed by atoms with E-state index in [2.05, 4.69) is 31.4 Å². The van der Waals surface area contributed by atoms with Crippen LogP contribution in [0.2, 0.25) is 0 Å². The molecule has 0 atom stereocenters. The molecule has 0 aliphatic carbocycles. The third-order valence-electron chi connectivity index (χ3n) is 0.500. The molecule has 0 unspecified atom stereocenters. The van der Waals surface area contributed by atoms with E-state index >= 15 is 0 Å². The molecule has 1 nitrogen and oxygen atoms in total. The first-order valence-corrected chi connectivity index (χ1v) is 2.59. The normalized spacial score (nSPS) is 10.0. The van der Waals surface area contributed by atoms with E-state index in [-0.39, 0.29) is 0 Å². The fourth-order valence-corrected chi connectivity index (χ4v) is 0.548. The van der Waals surface area contributed by atoms with Crippen LogP contribution in [0.1, 0.15) is 13.8 Å². The minimum Gasteiger partial charge on any atom is -0.267 e. The van der Waals surface area contributed by atoms with Gasteiger partial charge in [-0.1, -0.05) is 26.7 Å². The van der Waals surface area contributed by atoms with E-state index in [4.69, 9.17) is 0 Å². The average molecular weight is 105 g/mol. The first-order chi connectivity index (χ1) is 2.77. The van der Waals surface area contributed by atoms with Gasteiger partial charge in [-0.3, -0.25) is 4.72 Å². The Kier molecular flexibility index (Phi) is 3.68. The lowest BCUT2D eigenvalue weighted by Crippen LogP contribution is -2.07. The van der Waals surface area contributed by atoms with Crippen LogP contribution in [-0.2, 0) is 0 Å². The Morgan fingerprint density at radius 2 is 2.17 bits per heavy atom. The highest BCUT2D eigenvalue weighted by Crippen LogP contribution is 1.85. The van der Waals surface area contributed by atoms with Crippen LogP contribution in [0.5, 0.6) is 0 Å². The molecule has 0 radical (unpaired) electrons. The molecule has 38 valence electrons. The lowest BCUT2D eigenvalue weighted by Gasteiger charge is -1.97. The number of hydrogen-bond acceptors (Lipinski definition) is 2. The van der Waals surface area contributed by atoms with Crippen molar-refractivity contribution in [2.24, 2.45) is 5.92 Å². The summed E-state index contributed by atoms with van der Waals surface area (Å²) >= 11 is 3.81. The fourth-order valence-electron chi connectivity index (χ4n) is 0.183.